The highest BCUT2D eigenvalue weighted by Gasteiger charge is 2.38. The minimum absolute atomic E-state index is 0.251. The summed E-state index contributed by atoms with van der Waals surface area (Å²) < 4.78 is 0.685. The Labute approximate surface area is 143 Å². The molecule has 1 aromatic rings. The number of hydrogen-bond acceptors (Lipinski definition) is 3. The Morgan fingerprint density at radius 3 is 2.67 bits per heavy atom. The van der Waals surface area contributed by atoms with Crippen LogP contribution in [0.2, 0.25) is 5.02 Å². The third-order valence-electron chi connectivity index (χ3n) is 3.86. The van der Waals surface area contributed by atoms with E-state index in [0.717, 1.165) is 13.1 Å². The monoisotopic (exact) mass is 389 g/mol. The smallest absolute Gasteiger partial charge is 0.253 e. The highest BCUT2D eigenvalue weighted by molar-refractivity contribution is 9.10. The summed E-state index contributed by atoms with van der Waals surface area (Å²) in [5, 5.41) is 3.39. The van der Waals surface area contributed by atoms with Gasteiger partial charge in [0, 0.05) is 17.6 Å². The Balaban J connectivity index is 2.23. The van der Waals surface area contributed by atoms with Crippen molar-refractivity contribution >= 4 is 50.6 Å². The van der Waals surface area contributed by atoms with Gasteiger partial charge in [0.2, 0.25) is 0 Å². The molecule has 1 fully saturated rings. The van der Waals surface area contributed by atoms with Crippen LogP contribution in [-0.4, -0.2) is 41.5 Å². The van der Waals surface area contributed by atoms with Gasteiger partial charge >= 0.3 is 0 Å². The number of piperidine rings is 1. The maximum absolute atomic E-state index is 12.5. The molecule has 0 unspecified atom stereocenters. The van der Waals surface area contributed by atoms with E-state index in [1.807, 2.05) is 7.05 Å². The first-order chi connectivity index (χ1) is 9.85. The van der Waals surface area contributed by atoms with E-state index in [4.69, 9.17) is 29.6 Å². The molecule has 21 heavy (non-hydrogen) atoms. The largest absolute Gasteiger partial charge is 0.391 e. The molecule has 0 aliphatic carbocycles. The number of halogens is 2. The van der Waals surface area contributed by atoms with Crippen LogP contribution in [-0.2, 0) is 0 Å². The average Bonchev–Trinajstić information content (AvgIpc) is 2.44. The predicted octanol–water partition coefficient (Wildman–Crippen LogP) is 2.58. The summed E-state index contributed by atoms with van der Waals surface area (Å²) >= 11 is 14.7. The third kappa shape index (κ3) is 3.56. The molecule has 0 radical (unpaired) electrons. The van der Waals surface area contributed by atoms with E-state index >= 15 is 0 Å². The number of amides is 1. The lowest BCUT2D eigenvalue weighted by atomic mass is 9.87. The Morgan fingerprint density at radius 2 is 2.10 bits per heavy atom. The van der Waals surface area contributed by atoms with Crippen molar-refractivity contribution in [3.8, 4) is 0 Å². The van der Waals surface area contributed by atoms with E-state index in [2.05, 4.69) is 26.1 Å². The molecule has 0 aromatic heterocycles. The van der Waals surface area contributed by atoms with Crippen molar-refractivity contribution in [1.29, 1.82) is 0 Å². The highest BCUT2D eigenvalue weighted by Crippen LogP contribution is 2.28. The van der Waals surface area contributed by atoms with Gasteiger partial charge in [-0.15, -0.1) is 0 Å². The molecular weight excluding hydrogens is 374 g/mol. The second-order valence-electron chi connectivity index (χ2n) is 5.31. The summed E-state index contributed by atoms with van der Waals surface area (Å²) in [4.78, 5) is 15.0. The fourth-order valence-corrected chi connectivity index (χ4v) is 3.23. The molecule has 1 aliphatic heterocycles. The van der Waals surface area contributed by atoms with Crippen LogP contribution < -0.4 is 11.1 Å². The maximum Gasteiger partial charge on any atom is 0.253 e. The number of nitrogens with zero attached hydrogens (tertiary/aromatic N) is 1. The lowest BCUT2D eigenvalue weighted by Gasteiger charge is -2.40. The van der Waals surface area contributed by atoms with Crippen LogP contribution in [0.1, 0.15) is 23.2 Å². The second-order valence-corrected chi connectivity index (χ2v) is 6.98. The first kappa shape index (κ1) is 16.7. The maximum atomic E-state index is 12.5. The molecule has 0 atom stereocenters. The normalized spacial score (nSPS) is 18.2. The van der Waals surface area contributed by atoms with Gasteiger partial charge in [0.25, 0.3) is 5.91 Å². The van der Waals surface area contributed by atoms with Crippen LogP contribution >= 0.6 is 39.7 Å². The van der Waals surface area contributed by atoms with Crippen molar-refractivity contribution in [3.05, 3.63) is 33.3 Å². The Hall–Kier alpha value is -0.690. The molecule has 114 valence electrons. The molecule has 1 amide bonds. The summed E-state index contributed by atoms with van der Waals surface area (Å²) in [7, 11) is 2.04. The Morgan fingerprint density at radius 1 is 1.48 bits per heavy atom. The number of nitrogens with one attached hydrogen (secondary N) is 1. The lowest BCUT2D eigenvalue weighted by Crippen LogP contribution is -2.61. The number of carbonyl (C=O) groups excluding carboxylic acids is 1. The van der Waals surface area contributed by atoms with Crippen LogP contribution in [0.3, 0.4) is 0 Å². The van der Waals surface area contributed by atoms with Crippen molar-refractivity contribution in [2.75, 3.05) is 20.1 Å². The molecule has 4 nitrogen and oxygen atoms in total. The summed E-state index contributed by atoms with van der Waals surface area (Å²) in [6.45, 7) is 1.67. The standard InChI is InChI=1S/C14H17BrClN3OS/c1-19-7-5-14(6-8-19,13(17)21)18-12(20)9-3-2-4-10(15)11(9)16/h2-4H,5-8H2,1H3,(H2,17,21)(H,18,20). The van der Waals surface area contributed by atoms with E-state index in [1.54, 1.807) is 18.2 Å². The van der Waals surface area contributed by atoms with Crippen LogP contribution in [0.4, 0.5) is 0 Å². The molecule has 3 N–H and O–H groups in total. The van der Waals surface area contributed by atoms with Gasteiger partial charge in [-0.2, -0.15) is 0 Å². The van der Waals surface area contributed by atoms with Gasteiger partial charge in [0.05, 0.1) is 21.1 Å². The lowest BCUT2D eigenvalue weighted by molar-refractivity contribution is 0.0890. The van der Waals surface area contributed by atoms with Gasteiger partial charge < -0.3 is 16.0 Å². The second kappa shape index (κ2) is 6.60. The van der Waals surface area contributed by atoms with Gasteiger partial charge in [0.1, 0.15) is 0 Å². The molecule has 7 heteroatoms. The molecule has 0 saturated carbocycles. The number of carbonyl (C=O) groups is 1. The van der Waals surface area contributed by atoms with E-state index in [0.29, 0.717) is 32.9 Å². The SMILES string of the molecule is CN1CCC(NC(=O)c2cccc(Br)c2Cl)(C(N)=S)CC1. The third-order valence-corrected chi connectivity index (χ3v) is 5.55. The minimum Gasteiger partial charge on any atom is -0.391 e. The predicted molar refractivity (Wildman–Crippen MR) is 92.9 cm³/mol. The molecule has 1 saturated heterocycles. The Bertz CT molecular complexity index is 573. The molecule has 1 aliphatic rings. The molecule has 0 spiro atoms. The number of rotatable bonds is 3. The first-order valence-corrected chi connectivity index (χ1v) is 8.18. The van der Waals surface area contributed by atoms with Crippen molar-refractivity contribution in [2.45, 2.75) is 18.4 Å². The van der Waals surface area contributed by atoms with Crippen molar-refractivity contribution in [1.82, 2.24) is 10.2 Å². The molecule has 1 heterocycles. The zero-order valence-electron chi connectivity index (χ0n) is 11.7. The summed E-state index contributed by atoms with van der Waals surface area (Å²) in [6.07, 6.45) is 1.41. The van der Waals surface area contributed by atoms with Crippen LogP contribution in [0.5, 0.6) is 0 Å². The fourth-order valence-electron chi connectivity index (χ4n) is 2.40. The topological polar surface area (TPSA) is 58.4 Å². The van der Waals surface area contributed by atoms with Gasteiger partial charge in [-0.1, -0.05) is 29.9 Å². The fraction of sp³-hybridized carbons (Fsp3) is 0.429. The zero-order chi connectivity index (χ0) is 15.6. The quantitative estimate of drug-likeness (QED) is 0.779. The number of likely N-dealkylation sites (tertiary alicyclic amines) is 1. The zero-order valence-corrected chi connectivity index (χ0v) is 14.8. The van der Waals surface area contributed by atoms with Crippen LogP contribution in [0.15, 0.2) is 22.7 Å². The van der Waals surface area contributed by atoms with Gasteiger partial charge in [-0.05, 0) is 48.0 Å². The number of thiocarbonyl (C=S) groups is 1. The molecular formula is C14H17BrClN3OS. The first-order valence-electron chi connectivity index (χ1n) is 6.61. The minimum atomic E-state index is -0.634. The average molecular weight is 391 g/mol. The van der Waals surface area contributed by atoms with Gasteiger partial charge in [0.15, 0.2) is 0 Å². The van der Waals surface area contributed by atoms with Crippen molar-refractivity contribution in [3.63, 3.8) is 0 Å². The highest BCUT2D eigenvalue weighted by atomic mass is 79.9. The van der Waals surface area contributed by atoms with Crippen molar-refractivity contribution < 1.29 is 4.79 Å². The van der Waals surface area contributed by atoms with Crippen LogP contribution in [0, 0.1) is 0 Å². The molecule has 2 rings (SSSR count). The molecule has 1 aromatic carbocycles. The van der Waals surface area contributed by atoms with E-state index in [-0.39, 0.29) is 5.91 Å². The van der Waals surface area contributed by atoms with Gasteiger partial charge in [-0.3, -0.25) is 4.79 Å². The Kier molecular flexibility index (Phi) is 5.24. The number of nitrogens with two attached hydrogens (primary N) is 1. The van der Waals surface area contributed by atoms with Crippen LogP contribution in [0.25, 0.3) is 0 Å². The number of hydrogen-bond donors (Lipinski definition) is 2. The summed E-state index contributed by atoms with van der Waals surface area (Å²) in [5.74, 6) is -0.251. The van der Waals surface area contributed by atoms with E-state index in [1.165, 1.54) is 0 Å². The molecule has 0 bridgehead atoms. The summed E-state index contributed by atoms with van der Waals surface area (Å²) in [5.41, 5.74) is 5.68. The van der Waals surface area contributed by atoms with Crippen molar-refractivity contribution in [2.24, 2.45) is 5.73 Å². The van der Waals surface area contributed by atoms with Gasteiger partial charge in [-0.25, -0.2) is 0 Å². The van der Waals surface area contributed by atoms with E-state index in [9.17, 15) is 4.79 Å². The van der Waals surface area contributed by atoms with E-state index < -0.39 is 5.54 Å². The summed E-state index contributed by atoms with van der Waals surface area (Å²) in [6, 6.07) is 5.25. The number of benzene rings is 1.